The van der Waals surface area contributed by atoms with Crippen LogP contribution in [-0.4, -0.2) is 76.6 Å². The van der Waals surface area contributed by atoms with Gasteiger partial charge < -0.3 is 40.2 Å². The smallest absolute Gasteiger partial charge is 0.459 e. The summed E-state index contributed by atoms with van der Waals surface area (Å²) in [6.07, 6.45) is -3.94. The van der Waals surface area contributed by atoms with Gasteiger partial charge in [0.1, 0.15) is 35.3 Å². The fraction of sp³-hybridized carbons (Fsp3) is 0.400. The molecule has 2 aliphatic rings. The summed E-state index contributed by atoms with van der Waals surface area (Å²) < 4.78 is 36.3. The normalized spacial score (nSPS) is 25.8. The topological polar surface area (TPSA) is 211 Å². The number of aromatic amines is 1. The van der Waals surface area contributed by atoms with Crippen LogP contribution in [0, 0.1) is 0 Å². The van der Waals surface area contributed by atoms with Crippen molar-refractivity contribution in [1.82, 2.24) is 15.1 Å². The Labute approximate surface area is 234 Å². The van der Waals surface area contributed by atoms with Gasteiger partial charge in [-0.05, 0) is 25.3 Å². The zero-order chi connectivity index (χ0) is 29.5. The van der Waals surface area contributed by atoms with E-state index in [-0.39, 0.29) is 29.9 Å². The van der Waals surface area contributed by atoms with Crippen LogP contribution >= 0.6 is 7.75 Å². The lowest BCUT2D eigenvalue weighted by Gasteiger charge is -2.33. The highest BCUT2D eigenvalue weighted by molar-refractivity contribution is 7.52. The van der Waals surface area contributed by atoms with Crippen LogP contribution in [0.4, 0.5) is 17.5 Å². The first-order valence-corrected chi connectivity index (χ1v) is 14.2. The molecule has 0 aliphatic carbocycles. The van der Waals surface area contributed by atoms with E-state index in [1.807, 2.05) is 18.2 Å². The molecular formula is C25H31N6O9P. The van der Waals surface area contributed by atoms with Crippen LogP contribution in [0.1, 0.15) is 13.8 Å². The third-order valence-corrected chi connectivity index (χ3v) is 8.57. The van der Waals surface area contributed by atoms with Crippen molar-refractivity contribution in [3.63, 3.8) is 0 Å². The zero-order valence-corrected chi connectivity index (χ0v) is 23.3. The highest BCUT2D eigenvalue weighted by Gasteiger charge is 2.56. The third-order valence-electron chi connectivity index (χ3n) is 6.94. The number of ether oxygens (including phenoxy) is 2. The number of carbonyl (C=O) groups excluding carboxylic acids is 1. The number of nitrogens with two attached hydrogens (primary N) is 1. The van der Waals surface area contributed by atoms with Crippen molar-refractivity contribution >= 4 is 41.9 Å². The number of carbonyl (C=O) groups is 1. The minimum atomic E-state index is -4.32. The molecule has 0 radical (unpaired) electrons. The quantitative estimate of drug-likeness (QED) is 0.151. The maximum Gasteiger partial charge on any atom is 0.459 e. The second-order valence-corrected chi connectivity index (χ2v) is 11.6. The molecule has 2 aromatic carbocycles. The molecule has 2 aliphatic heterocycles. The van der Waals surface area contributed by atoms with E-state index < -0.39 is 56.0 Å². The van der Waals surface area contributed by atoms with E-state index >= 15 is 0 Å². The summed E-state index contributed by atoms with van der Waals surface area (Å²) in [6.45, 7) is 2.28. The van der Waals surface area contributed by atoms with Crippen LogP contribution in [0.25, 0.3) is 10.8 Å². The lowest BCUT2D eigenvalue weighted by atomic mass is 9.96. The van der Waals surface area contributed by atoms with Crippen LogP contribution in [0.15, 0.2) is 47.3 Å². The number of aliphatic hydroxyl groups excluding tert-OH is 1. The van der Waals surface area contributed by atoms with E-state index in [2.05, 4.69) is 20.4 Å². The number of nitrogen functional groups attached to an aromatic ring is 1. The molecule has 1 fully saturated rings. The molecule has 220 valence electrons. The number of benzene rings is 2. The minimum absolute atomic E-state index is 0.0247. The number of rotatable bonds is 9. The van der Waals surface area contributed by atoms with Gasteiger partial charge in [-0.1, -0.05) is 36.4 Å². The first-order valence-electron chi connectivity index (χ1n) is 12.7. The number of H-pyrrole nitrogens is 1. The summed E-state index contributed by atoms with van der Waals surface area (Å²) >= 11 is 0. The molecule has 1 saturated heterocycles. The standard InChI is InChI=1S/C25H31N6O9P/c1-13(22(34)37-3)30-41(36,40-16-10-6-8-14-7-4-5-9-15(14)16)38-11-17-19(32)25(2,35)23(39-17)31-12-27-18-20(31)28-24(26)29-21(18)33/h4-10,13,17,19,23,27,32,35H,11-12H2,1-3H3,(H,30,36)(H3,26,28,29,33)/t13-,17+,19?,23+,25?,41?/m0/s1. The van der Waals surface area contributed by atoms with Crippen molar-refractivity contribution < 1.29 is 38.1 Å². The number of hydrogen-bond donors (Lipinski definition) is 6. The van der Waals surface area contributed by atoms with Gasteiger partial charge in [-0.15, -0.1) is 0 Å². The molecule has 41 heavy (non-hydrogen) atoms. The van der Waals surface area contributed by atoms with Gasteiger partial charge in [0.25, 0.3) is 5.56 Å². The van der Waals surface area contributed by atoms with Crippen molar-refractivity contribution in [1.29, 1.82) is 0 Å². The summed E-state index contributed by atoms with van der Waals surface area (Å²) in [5.41, 5.74) is 3.43. The summed E-state index contributed by atoms with van der Waals surface area (Å²) in [4.78, 5) is 32.3. The first-order chi connectivity index (χ1) is 19.4. The molecule has 16 heteroatoms. The van der Waals surface area contributed by atoms with E-state index in [4.69, 9.17) is 24.3 Å². The van der Waals surface area contributed by atoms with E-state index in [9.17, 15) is 24.4 Å². The largest absolute Gasteiger partial charge is 0.468 e. The summed E-state index contributed by atoms with van der Waals surface area (Å²) in [5, 5.41) is 29.1. The molecule has 3 unspecified atom stereocenters. The number of methoxy groups -OCH3 is 1. The average Bonchev–Trinajstić information content (AvgIpc) is 3.45. The van der Waals surface area contributed by atoms with E-state index in [1.54, 1.807) is 24.3 Å². The van der Waals surface area contributed by atoms with Gasteiger partial charge in [0.05, 0.1) is 20.4 Å². The highest BCUT2D eigenvalue weighted by Crippen LogP contribution is 2.48. The summed E-state index contributed by atoms with van der Waals surface area (Å²) in [6, 6.07) is 11.3. The van der Waals surface area contributed by atoms with Gasteiger partial charge in [0, 0.05) is 5.39 Å². The van der Waals surface area contributed by atoms with Crippen molar-refractivity contribution in [3.05, 3.63) is 52.8 Å². The Balaban J connectivity index is 1.39. The van der Waals surface area contributed by atoms with Gasteiger partial charge in [0.15, 0.2) is 12.0 Å². The van der Waals surface area contributed by atoms with Crippen molar-refractivity contribution in [2.45, 2.75) is 43.9 Å². The predicted octanol–water partition coefficient (Wildman–Crippen LogP) is 0.886. The van der Waals surface area contributed by atoms with Crippen LogP contribution in [0.5, 0.6) is 5.75 Å². The lowest BCUT2D eigenvalue weighted by Crippen LogP contribution is -2.53. The molecule has 7 N–H and O–H groups in total. The van der Waals surface area contributed by atoms with E-state index in [0.29, 0.717) is 5.39 Å². The van der Waals surface area contributed by atoms with Crippen LogP contribution in [0.3, 0.4) is 0 Å². The van der Waals surface area contributed by atoms with Crippen LogP contribution < -0.4 is 31.1 Å². The number of esters is 1. The summed E-state index contributed by atoms with van der Waals surface area (Å²) in [5.74, 6) is -0.499. The number of nitrogens with zero attached hydrogens (tertiary/aromatic N) is 2. The Bertz CT molecular complexity index is 1560. The number of anilines is 3. The Hall–Kier alpha value is -3.72. The number of hydrogen-bond acceptors (Lipinski definition) is 13. The lowest BCUT2D eigenvalue weighted by molar-refractivity contribution is -0.142. The van der Waals surface area contributed by atoms with E-state index in [1.165, 1.54) is 25.9 Å². The highest BCUT2D eigenvalue weighted by atomic mass is 31.2. The van der Waals surface area contributed by atoms with Crippen molar-refractivity contribution in [2.24, 2.45) is 0 Å². The maximum absolute atomic E-state index is 14.0. The number of aliphatic hydroxyl groups is 2. The fourth-order valence-electron chi connectivity index (χ4n) is 4.83. The number of nitrogens with one attached hydrogen (secondary N) is 3. The maximum atomic E-state index is 14.0. The number of fused-ring (bicyclic) bond motifs is 2. The molecule has 15 nitrogen and oxygen atoms in total. The summed E-state index contributed by atoms with van der Waals surface area (Å²) in [7, 11) is -3.14. The Morgan fingerprint density at radius 2 is 2.07 bits per heavy atom. The Morgan fingerprint density at radius 3 is 2.83 bits per heavy atom. The van der Waals surface area contributed by atoms with Gasteiger partial charge >= 0.3 is 13.7 Å². The number of aromatic nitrogens is 2. The second-order valence-electron chi connectivity index (χ2n) is 9.89. The van der Waals surface area contributed by atoms with Gasteiger partial charge in [-0.2, -0.15) is 10.1 Å². The average molecular weight is 591 g/mol. The van der Waals surface area contributed by atoms with Gasteiger partial charge in [-0.3, -0.25) is 19.1 Å². The first kappa shape index (κ1) is 28.8. The molecule has 0 bridgehead atoms. The van der Waals surface area contributed by atoms with Crippen LogP contribution in [-0.2, 0) is 23.4 Å². The molecule has 6 atom stereocenters. The molecule has 3 heterocycles. The van der Waals surface area contributed by atoms with Gasteiger partial charge in [-0.25, -0.2) is 4.57 Å². The molecule has 0 saturated carbocycles. The van der Waals surface area contributed by atoms with E-state index in [0.717, 1.165) is 5.39 Å². The minimum Gasteiger partial charge on any atom is -0.468 e. The van der Waals surface area contributed by atoms with Crippen molar-refractivity contribution in [3.8, 4) is 5.75 Å². The van der Waals surface area contributed by atoms with Crippen LogP contribution in [0.2, 0.25) is 0 Å². The fourth-order valence-corrected chi connectivity index (χ4v) is 6.35. The van der Waals surface area contributed by atoms with Crippen molar-refractivity contribution in [2.75, 3.05) is 36.3 Å². The molecular weight excluding hydrogens is 559 g/mol. The molecule has 0 spiro atoms. The zero-order valence-electron chi connectivity index (χ0n) is 22.4. The monoisotopic (exact) mass is 590 g/mol. The predicted molar refractivity (Wildman–Crippen MR) is 148 cm³/mol. The molecule has 0 amide bonds. The SMILES string of the molecule is COC(=O)[C@H](C)NP(=O)(OC[C@H]1O[C@@H](N2CNc3c2nc(N)[nH]c3=O)C(C)(O)C1O)Oc1cccc2ccccc12. The van der Waals surface area contributed by atoms with Gasteiger partial charge in [0.2, 0.25) is 5.95 Å². The third kappa shape index (κ3) is 5.47. The molecule has 3 aromatic rings. The Kier molecular flexibility index (Phi) is 7.68. The molecule has 1 aromatic heterocycles. The second kappa shape index (κ2) is 10.9. The Morgan fingerprint density at radius 1 is 1.34 bits per heavy atom. The molecule has 5 rings (SSSR count).